The van der Waals surface area contributed by atoms with E-state index in [1.165, 1.54) is 0 Å². The molecule has 0 fully saturated rings. The Morgan fingerprint density at radius 2 is 0.591 bits per heavy atom. The molecule has 1 aliphatic heterocycles. The zero-order valence-electron chi connectivity index (χ0n) is 43.5. The highest BCUT2D eigenvalue weighted by Crippen LogP contribution is 2.50. The number of rotatable bonds is 13. The maximum atomic E-state index is 14.2. The molecule has 1 aliphatic rings. The molecule has 31 nitrogen and oxygen atoms in total. The summed E-state index contributed by atoms with van der Waals surface area (Å²) in [6, 6.07) is 10.4. The number of carbonyl (C=O) groups excluding carboxylic acids is 6. The SMILES string of the molecule is O=C(Oc1cc(OC(=O)c2cc(O)c(O)c(O)c2)c2c(c1)O[C@H](c1cc(OC(=O)c3cc(O)c(O)c(O)c3)c(OC(=O)c3cc(O)c(O)c(O)c3)c(OC(=O)c3cc(O)c(O)c(O)c3)c1)[C@H](OC(=O)c1cc(O)c(O)c(O)c1)C2)c1cc(O)c(O)c(O)c1. The standard InChI is InChI=1S/C57H38O31/c58-27-1-19(2-28(59)44(27)70)52(76)82-25-15-39-26(40(16-25)84-53(77)20-3-29(60)45(71)30(61)4-20)17-43(87-56(80)23-9-35(66)48(74)36(67)10-23)50(83-39)18-13-41(85-54(78)21-5-31(62)46(72)32(63)6-21)51(88-57(81)24-11-37(68)49(75)38(69)12-24)42(14-18)86-55(79)22-7-33(64)47(73)34(65)8-22/h1-16,43,50,58-75H,17H2/t43-,50-/m1/s1. The van der Waals surface area contributed by atoms with Crippen molar-refractivity contribution in [2.24, 2.45) is 0 Å². The van der Waals surface area contributed by atoms with E-state index >= 15 is 0 Å². The van der Waals surface area contributed by atoms with Crippen molar-refractivity contribution in [1.82, 2.24) is 0 Å². The van der Waals surface area contributed by atoms with Gasteiger partial charge in [0.05, 0.1) is 33.4 Å². The smallest absolute Gasteiger partial charge is 0.344 e. The Kier molecular flexibility index (Phi) is 15.4. The molecule has 0 aromatic heterocycles. The van der Waals surface area contributed by atoms with Crippen LogP contribution in [-0.2, 0) is 11.2 Å². The molecule has 2 atom stereocenters. The Labute approximate surface area is 486 Å². The molecule has 31 heteroatoms. The molecule has 8 aromatic carbocycles. The highest BCUT2D eigenvalue weighted by molar-refractivity contribution is 5.98. The quantitative estimate of drug-likeness (QED) is 0.0391. The highest BCUT2D eigenvalue weighted by atomic mass is 16.6. The fourth-order valence-electron chi connectivity index (χ4n) is 8.30. The zero-order valence-corrected chi connectivity index (χ0v) is 43.5. The second-order valence-electron chi connectivity index (χ2n) is 18.6. The zero-order chi connectivity index (χ0) is 64.1. The third-order valence-corrected chi connectivity index (χ3v) is 12.6. The van der Waals surface area contributed by atoms with Gasteiger partial charge in [0, 0.05) is 29.7 Å². The Morgan fingerprint density at radius 1 is 0.318 bits per heavy atom. The minimum atomic E-state index is -2.07. The summed E-state index contributed by atoms with van der Waals surface area (Å²) in [5.74, 6) is -34.1. The molecule has 0 saturated carbocycles. The van der Waals surface area contributed by atoms with Crippen LogP contribution in [0.25, 0.3) is 0 Å². The second kappa shape index (κ2) is 22.8. The number of carbonyl (C=O) groups is 6. The Balaban J connectivity index is 1.28. The van der Waals surface area contributed by atoms with E-state index in [1.807, 2.05) is 0 Å². The van der Waals surface area contributed by atoms with Crippen LogP contribution in [0.4, 0.5) is 0 Å². The van der Waals surface area contributed by atoms with Gasteiger partial charge in [0.25, 0.3) is 0 Å². The van der Waals surface area contributed by atoms with Gasteiger partial charge in [-0.05, 0) is 84.9 Å². The normalized spacial score (nSPS) is 13.2. The molecular formula is C57H38O31. The van der Waals surface area contributed by atoms with Crippen LogP contribution in [-0.4, -0.2) is 134 Å². The average Bonchev–Trinajstić information content (AvgIpc) is 1.84. The van der Waals surface area contributed by atoms with Crippen LogP contribution >= 0.6 is 0 Å². The Bertz CT molecular complexity index is 4070. The van der Waals surface area contributed by atoms with Gasteiger partial charge in [-0.25, -0.2) is 28.8 Å². The van der Waals surface area contributed by atoms with Crippen LogP contribution in [0.15, 0.2) is 97.1 Å². The van der Waals surface area contributed by atoms with E-state index in [0.717, 1.165) is 24.3 Å². The van der Waals surface area contributed by atoms with Crippen molar-refractivity contribution in [2.75, 3.05) is 0 Å². The Morgan fingerprint density at radius 3 is 0.909 bits per heavy atom. The van der Waals surface area contributed by atoms with Crippen molar-refractivity contribution in [2.45, 2.75) is 18.6 Å². The van der Waals surface area contributed by atoms with Gasteiger partial charge in [-0.15, -0.1) is 0 Å². The number of phenols is 18. The molecule has 0 bridgehead atoms. The van der Waals surface area contributed by atoms with E-state index in [0.29, 0.717) is 72.8 Å². The van der Waals surface area contributed by atoms with Crippen molar-refractivity contribution in [1.29, 1.82) is 0 Å². The molecule has 8 aromatic rings. The summed E-state index contributed by atoms with van der Waals surface area (Å²) in [5, 5.41) is 184. The predicted octanol–water partition coefficient (Wildman–Crippen LogP) is 5.39. The summed E-state index contributed by atoms with van der Waals surface area (Å²) in [6.45, 7) is 0. The number of esters is 6. The van der Waals surface area contributed by atoms with Crippen LogP contribution in [0.3, 0.4) is 0 Å². The average molecular weight is 1220 g/mol. The number of hydrogen-bond donors (Lipinski definition) is 18. The number of fused-ring (bicyclic) bond motifs is 1. The second-order valence-corrected chi connectivity index (χ2v) is 18.6. The fraction of sp³-hybridized carbons (Fsp3) is 0.0526. The molecule has 0 saturated heterocycles. The monoisotopic (exact) mass is 1220 g/mol. The number of aromatic hydroxyl groups is 18. The van der Waals surface area contributed by atoms with E-state index < -0.39 is 231 Å². The molecular weight excluding hydrogens is 1180 g/mol. The topological polar surface area (TPSA) is 531 Å². The van der Waals surface area contributed by atoms with Crippen molar-refractivity contribution in [3.8, 4) is 138 Å². The molecule has 452 valence electrons. The van der Waals surface area contributed by atoms with E-state index in [9.17, 15) is 121 Å². The molecule has 0 amide bonds. The summed E-state index contributed by atoms with van der Waals surface area (Å²) in [5.41, 5.74) is -5.33. The van der Waals surface area contributed by atoms with Crippen molar-refractivity contribution in [3.05, 3.63) is 142 Å². The summed E-state index contributed by atoms with van der Waals surface area (Å²) in [7, 11) is 0. The lowest BCUT2D eigenvalue weighted by atomic mass is 9.93. The minimum absolute atomic E-state index is 0.353. The molecule has 0 radical (unpaired) electrons. The first kappa shape index (κ1) is 59.4. The number of ether oxygens (including phenoxy) is 7. The molecule has 18 N–H and O–H groups in total. The lowest BCUT2D eigenvalue weighted by Crippen LogP contribution is -2.35. The summed E-state index contributed by atoms with van der Waals surface area (Å²) in [4.78, 5) is 84.0. The summed E-state index contributed by atoms with van der Waals surface area (Å²) in [6.07, 6.45) is -4.89. The molecule has 0 spiro atoms. The van der Waals surface area contributed by atoms with Crippen LogP contribution in [0.1, 0.15) is 79.4 Å². The van der Waals surface area contributed by atoms with E-state index in [2.05, 4.69) is 0 Å². The largest absolute Gasteiger partial charge is 0.504 e. The third kappa shape index (κ3) is 11.7. The van der Waals surface area contributed by atoms with Gasteiger partial charge in [-0.3, -0.25) is 0 Å². The molecule has 0 aliphatic carbocycles. The van der Waals surface area contributed by atoms with Crippen molar-refractivity contribution in [3.63, 3.8) is 0 Å². The van der Waals surface area contributed by atoms with Crippen LogP contribution in [0.5, 0.6) is 138 Å². The van der Waals surface area contributed by atoms with Gasteiger partial charge >= 0.3 is 35.8 Å². The highest BCUT2D eigenvalue weighted by Gasteiger charge is 2.40. The first-order valence-corrected chi connectivity index (χ1v) is 24.3. The number of benzene rings is 8. The van der Waals surface area contributed by atoms with Crippen LogP contribution in [0.2, 0.25) is 0 Å². The molecule has 0 unspecified atom stereocenters. The Hall–Kier alpha value is -13.2. The lowest BCUT2D eigenvalue weighted by Gasteiger charge is -2.34. The van der Waals surface area contributed by atoms with Gasteiger partial charge < -0.3 is 125 Å². The van der Waals surface area contributed by atoms with Gasteiger partial charge in [-0.1, -0.05) is 0 Å². The fourth-order valence-corrected chi connectivity index (χ4v) is 8.30. The van der Waals surface area contributed by atoms with E-state index in [-0.39, 0.29) is 5.56 Å². The van der Waals surface area contributed by atoms with E-state index in [1.54, 1.807) is 0 Å². The third-order valence-electron chi connectivity index (χ3n) is 12.6. The predicted molar refractivity (Wildman–Crippen MR) is 283 cm³/mol. The first-order chi connectivity index (χ1) is 41.5. The van der Waals surface area contributed by atoms with Gasteiger partial charge in [0.15, 0.2) is 121 Å². The molecule has 1 heterocycles. The molecule has 88 heavy (non-hydrogen) atoms. The van der Waals surface area contributed by atoms with Gasteiger partial charge in [0.1, 0.15) is 23.4 Å². The van der Waals surface area contributed by atoms with Crippen molar-refractivity contribution < 1.29 is 154 Å². The first-order valence-electron chi connectivity index (χ1n) is 24.3. The van der Waals surface area contributed by atoms with Crippen LogP contribution < -0.4 is 28.4 Å². The number of hydrogen-bond acceptors (Lipinski definition) is 31. The minimum Gasteiger partial charge on any atom is -0.504 e. The van der Waals surface area contributed by atoms with E-state index in [4.69, 9.17) is 33.2 Å². The van der Waals surface area contributed by atoms with Gasteiger partial charge in [-0.2, -0.15) is 0 Å². The maximum Gasteiger partial charge on any atom is 0.344 e. The molecule has 9 rings (SSSR count). The van der Waals surface area contributed by atoms with Gasteiger partial charge in [0.2, 0.25) is 5.75 Å². The summed E-state index contributed by atoms with van der Waals surface area (Å²) < 4.78 is 40.3. The lowest BCUT2D eigenvalue weighted by molar-refractivity contribution is -0.0190. The van der Waals surface area contributed by atoms with Crippen LogP contribution in [0, 0.1) is 0 Å². The number of phenolic OH excluding ortho intramolecular Hbond substituents is 18. The summed E-state index contributed by atoms with van der Waals surface area (Å²) >= 11 is 0. The van der Waals surface area contributed by atoms with Crippen molar-refractivity contribution >= 4 is 35.8 Å². The maximum absolute atomic E-state index is 14.2.